The fourth-order valence-corrected chi connectivity index (χ4v) is 2.45. The summed E-state index contributed by atoms with van der Waals surface area (Å²) in [5.74, 6) is -0.949. The summed E-state index contributed by atoms with van der Waals surface area (Å²) in [5.41, 5.74) is 1.05. The summed E-state index contributed by atoms with van der Waals surface area (Å²) in [4.78, 5) is 17.0. The molecule has 0 fully saturated rings. The molecule has 0 aliphatic rings. The van der Waals surface area contributed by atoms with Crippen molar-refractivity contribution in [2.75, 3.05) is 11.9 Å². The highest BCUT2D eigenvalue weighted by atomic mass is 35.5. The number of rotatable bonds is 4. The highest BCUT2D eigenvalue weighted by molar-refractivity contribution is 7.17. The van der Waals surface area contributed by atoms with E-state index in [0.29, 0.717) is 16.7 Å². The molecule has 1 aromatic carbocycles. The number of benzene rings is 1. The van der Waals surface area contributed by atoms with Crippen molar-refractivity contribution in [1.82, 2.24) is 4.98 Å². The van der Waals surface area contributed by atoms with Crippen molar-refractivity contribution in [2.45, 2.75) is 6.54 Å². The van der Waals surface area contributed by atoms with Crippen LogP contribution in [0.25, 0.3) is 0 Å². The van der Waals surface area contributed by atoms with Crippen LogP contribution in [0.15, 0.2) is 30.5 Å². The highest BCUT2D eigenvalue weighted by Gasteiger charge is 2.11. The van der Waals surface area contributed by atoms with E-state index in [9.17, 15) is 4.79 Å². The summed E-state index contributed by atoms with van der Waals surface area (Å²) in [7, 11) is 1.87. The van der Waals surface area contributed by atoms with E-state index in [1.54, 1.807) is 0 Å². The Kier molecular flexibility index (Phi) is 3.84. The van der Waals surface area contributed by atoms with E-state index in [4.69, 9.17) is 16.7 Å². The zero-order valence-electron chi connectivity index (χ0n) is 9.63. The second-order valence-corrected chi connectivity index (χ2v) is 5.24. The molecule has 1 N–H and O–H groups in total. The topological polar surface area (TPSA) is 53.4 Å². The third-order valence-electron chi connectivity index (χ3n) is 2.34. The Labute approximate surface area is 113 Å². The molecule has 0 aliphatic heterocycles. The van der Waals surface area contributed by atoms with Crippen LogP contribution < -0.4 is 4.90 Å². The number of nitrogens with zero attached hydrogens (tertiary/aromatic N) is 2. The Balaban J connectivity index is 2.11. The summed E-state index contributed by atoms with van der Waals surface area (Å²) in [5, 5.41) is 10.2. The largest absolute Gasteiger partial charge is 0.477 e. The maximum absolute atomic E-state index is 10.8. The molecule has 94 valence electrons. The van der Waals surface area contributed by atoms with Crippen molar-refractivity contribution in [1.29, 1.82) is 0 Å². The van der Waals surface area contributed by atoms with Crippen LogP contribution in [0.3, 0.4) is 0 Å². The van der Waals surface area contributed by atoms with E-state index in [1.165, 1.54) is 6.20 Å². The molecule has 1 heterocycles. The molecule has 0 aliphatic carbocycles. The van der Waals surface area contributed by atoms with E-state index < -0.39 is 5.97 Å². The minimum atomic E-state index is -0.949. The Morgan fingerprint density at radius 2 is 2.33 bits per heavy atom. The van der Waals surface area contributed by atoms with Gasteiger partial charge in [0.1, 0.15) is 4.88 Å². The van der Waals surface area contributed by atoms with Crippen molar-refractivity contribution < 1.29 is 9.90 Å². The first-order chi connectivity index (χ1) is 8.56. The van der Waals surface area contributed by atoms with E-state index in [-0.39, 0.29) is 4.88 Å². The Hall–Kier alpha value is -1.59. The van der Waals surface area contributed by atoms with Crippen molar-refractivity contribution >= 4 is 34.0 Å². The van der Waals surface area contributed by atoms with Gasteiger partial charge < -0.3 is 10.0 Å². The zero-order valence-corrected chi connectivity index (χ0v) is 11.2. The van der Waals surface area contributed by atoms with Gasteiger partial charge in [0.25, 0.3) is 0 Å². The second-order valence-electron chi connectivity index (χ2n) is 3.80. The van der Waals surface area contributed by atoms with Crippen molar-refractivity contribution in [2.24, 2.45) is 0 Å². The summed E-state index contributed by atoms with van der Waals surface area (Å²) >= 11 is 7.07. The predicted molar refractivity (Wildman–Crippen MR) is 72.6 cm³/mol. The predicted octanol–water partition coefficient (Wildman–Crippen LogP) is 3.13. The number of anilines is 1. The average molecular weight is 283 g/mol. The van der Waals surface area contributed by atoms with Gasteiger partial charge in [0.05, 0.1) is 6.20 Å². The van der Waals surface area contributed by atoms with Crippen LogP contribution in [0.1, 0.15) is 15.2 Å². The molecule has 2 aromatic rings. The molecule has 0 amide bonds. The van der Waals surface area contributed by atoms with Crippen LogP contribution in [0, 0.1) is 0 Å². The smallest absolute Gasteiger partial charge is 0.347 e. The third kappa shape index (κ3) is 3.00. The van der Waals surface area contributed by atoms with Gasteiger partial charge in [-0.05, 0) is 17.7 Å². The number of thiazole rings is 1. The minimum Gasteiger partial charge on any atom is -0.477 e. The zero-order chi connectivity index (χ0) is 13.1. The normalized spacial score (nSPS) is 10.3. The summed E-state index contributed by atoms with van der Waals surface area (Å²) in [6.07, 6.45) is 1.37. The van der Waals surface area contributed by atoms with Gasteiger partial charge in [0, 0.05) is 18.6 Å². The first-order valence-electron chi connectivity index (χ1n) is 5.21. The fraction of sp³-hybridized carbons (Fsp3) is 0.167. The standard InChI is InChI=1S/C12H11ClN2O2S/c1-15(7-8-3-2-4-9(13)5-8)12-14-6-10(18-12)11(16)17/h2-6H,7H2,1H3,(H,16,17). The number of carboxylic acid groups (broad SMARTS) is 1. The van der Waals surface area contributed by atoms with E-state index in [1.807, 2.05) is 36.2 Å². The fourth-order valence-electron chi connectivity index (χ4n) is 1.52. The maximum Gasteiger partial charge on any atom is 0.347 e. The molecule has 1 aromatic heterocycles. The third-order valence-corrected chi connectivity index (χ3v) is 3.67. The van der Waals surface area contributed by atoms with Gasteiger partial charge in [-0.2, -0.15) is 0 Å². The number of carbonyl (C=O) groups is 1. The Morgan fingerprint density at radius 3 is 2.94 bits per heavy atom. The summed E-state index contributed by atoms with van der Waals surface area (Å²) in [6, 6.07) is 7.55. The van der Waals surface area contributed by atoms with Crippen LogP contribution in [0.2, 0.25) is 5.02 Å². The Morgan fingerprint density at radius 1 is 1.56 bits per heavy atom. The first kappa shape index (κ1) is 12.9. The SMILES string of the molecule is CN(Cc1cccc(Cl)c1)c1ncc(C(=O)O)s1. The lowest BCUT2D eigenvalue weighted by atomic mass is 10.2. The van der Waals surface area contributed by atoms with Gasteiger partial charge in [-0.1, -0.05) is 35.1 Å². The number of aromatic carboxylic acids is 1. The van der Waals surface area contributed by atoms with Gasteiger partial charge in [0.2, 0.25) is 0 Å². The molecule has 0 bridgehead atoms. The molecule has 2 rings (SSSR count). The lowest BCUT2D eigenvalue weighted by Gasteiger charge is -2.15. The lowest BCUT2D eigenvalue weighted by molar-refractivity contribution is 0.0702. The van der Waals surface area contributed by atoms with Gasteiger partial charge in [0.15, 0.2) is 5.13 Å². The first-order valence-corrected chi connectivity index (χ1v) is 6.40. The van der Waals surface area contributed by atoms with Gasteiger partial charge in [-0.15, -0.1) is 0 Å². The van der Waals surface area contributed by atoms with Crippen molar-refractivity contribution in [3.05, 3.63) is 45.9 Å². The molecule has 6 heteroatoms. The molecule has 18 heavy (non-hydrogen) atoms. The number of hydrogen-bond donors (Lipinski definition) is 1. The van der Waals surface area contributed by atoms with Crippen LogP contribution in [-0.4, -0.2) is 23.1 Å². The van der Waals surface area contributed by atoms with E-state index >= 15 is 0 Å². The lowest BCUT2D eigenvalue weighted by Crippen LogP contribution is -2.15. The quantitative estimate of drug-likeness (QED) is 0.936. The summed E-state index contributed by atoms with van der Waals surface area (Å²) < 4.78 is 0. The monoisotopic (exact) mass is 282 g/mol. The van der Waals surface area contributed by atoms with Crippen LogP contribution in [0.4, 0.5) is 5.13 Å². The molecule has 4 nitrogen and oxygen atoms in total. The van der Waals surface area contributed by atoms with E-state index in [2.05, 4.69) is 4.98 Å². The number of halogens is 1. The van der Waals surface area contributed by atoms with Crippen LogP contribution in [-0.2, 0) is 6.54 Å². The summed E-state index contributed by atoms with van der Waals surface area (Å²) in [6.45, 7) is 0.632. The van der Waals surface area contributed by atoms with Crippen LogP contribution in [0.5, 0.6) is 0 Å². The number of carboxylic acids is 1. The molecule has 0 spiro atoms. The van der Waals surface area contributed by atoms with Crippen molar-refractivity contribution in [3.63, 3.8) is 0 Å². The maximum atomic E-state index is 10.8. The van der Waals surface area contributed by atoms with Crippen molar-refractivity contribution in [3.8, 4) is 0 Å². The molecule has 0 radical (unpaired) electrons. The molecule has 0 unspecified atom stereocenters. The molecule has 0 saturated carbocycles. The number of hydrogen-bond acceptors (Lipinski definition) is 4. The molecular formula is C12H11ClN2O2S. The van der Waals surface area contributed by atoms with Crippen LogP contribution >= 0.6 is 22.9 Å². The molecule has 0 atom stereocenters. The molecule has 0 saturated heterocycles. The van der Waals surface area contributed by atoms with Gasteiger partial charge in [-0.25, -0.2) is 9.78 Å². The molecular weight excluding hydrogens is 272 g/mol. The van der Waals surface area contributed by atoms with E-state index in [0.717, 1.165) is 16.9 Å². The second kappa shape index (κ2) is 5.37. The Bertz CT molecular complexity index is 571. The van der Waals surface area contributed by atoms with Gasteiger partial charge in [-0.3, -0.25) is 0 Å². The van der Waals surface area contributed by atoms with Gasteiger partial charge >= 0.3 is 5.97 Å². The highest BCUT2D eigenvalue weighted by Crippen LogP contribution is 2.23. The minimum absolute atomic E-state index is 0.239. The average Bonchev–Trinajstić information content (AvgIpc) is 2.78. The number of aromatic nitrogens is 1.